The zero-order valence-electron chi connectivity index (χ0n) is 14.4. The number of fused-ring (bicyclic) bond motifs is 1. The zero-order chi connectivity index (χ0) is 18.1. The summed E-state index contributed by atoms with van der Waals surface area (Å²) in [4.78, 5) is 48.1. The lowest BCUT2D eigenvalue weighted by molar-refractivity contribution is 0.0744. The summed E-state index contributed by atoms with van der Waals surface area (Å²) >= 11 is 0. The van der Waals surface area contributed by atoms with Gasteiger partial charge >= 0.3 is 0 Å². The van der Waals surface area contributed by atoms with Crippen molar-refractivity contribution >= 4 is 17.5 Å². The van der Waals surface area contributed by atoms with Crippen molar-refractivity contribution in [2.45, 2.75) is 19.3 Å². The fourth-order valence-electron chi connectivity index (χ4n) is 3.58. The van der Waals surface area contributed by atoms with Gasteiger partial charge < -0.3 is 14.8 Å². The highest BCUT2D eigenvalue weighted by Crippen LogP contribution is 2.20. The number of nitrogens with zero attached hydrogens (tertiary/aromatic N) is 3. The third-order valence-corrected chi connectivity index (χ3v) is 5.02. The Morgan fingerprint density at radius 2 is 1.88 bits per heavy atom. The Labute approximate surface area is 150 Å². The summed E-state index contributed by atoms with van der Waals surface area (Å²) < 4.78 is 0. The van der Waals surface area contributed by atoms with Crippen molar-refractivity contribution in [2.75, 3.05) is 31.1 Å². The number of aromatic nitrogens is 2. The molecular formula is C19H20N4O3. The van der Waals surface area contributed by atoms with E-state index >= 15 is 0 Å². The minimum Gasteiger partial charge on any atom is -0.353 e. The molecule has 1 fully saturated rings. The summed E-state index contributed by atoms with van der Waals surface area (Å²) in [6, 6.07) is 7.23. The molecule has 1 saturated heterocycles. The number of H-pyrrole nitrogens is 1. The number of pyridine rings is 2. The van der Waals surface area contributed by atoms with Crippen LogP contribution in [-0.2, 0) is 6.42 Å². The largest absolute Gasteiger partial charge is 0.353 e. The first-order valence-corrected chi connectivity index (χ1v) is 8.88. The summed E-state index contributed by atoms with van der Waals surface area (Å²) in [6.45, 7) is 2.34. The number of carbonyl (C=O) groups is 2. The van der Waals surface area contributed by atoms with E-state index in [1.165, 1.54) is 6.07 Å². The molecule has 2 aromatic heterocycles. The molecule has 0 spiro atoms. The second kappa shape index (κ2) is 6.74. The first-order valence-electron chi connectivity index (χ1n) is 8.88. The molecule has 134 valence electrons. The summed E-state index contributed by atoms with van der Waals surface area (Å²) in [5.41, 5.74) is 0.801. The lowest BCUT2D eigenvalue weighted by Crippen LogP contribution is -2.50. The predicted octanol–water partition coefficient (Wildman–Crippen LogP) is 1.25. The molecule has 2 aromatic rings. The van der Waals surface area contributed by atoms with Crippen LogP contribution in [0.15, 0.2) is 35.3 Å². The average molecular weight is 352 g/mol. The number of carbonyl (C=O) groups excluding carboxylic acids is 2. The number of anilines is 1. The number of piperazine rings is 1. The number of amides is 1. The zero-order valence-corrected chi connectivity index (χ0v) is 14.4. The SMILES string of the molecule is O=C1CCCc2[nH]c(=O)c(C(=O)N3CCN(c4ccccn4)CC3)cc21. The van der Waals surface area contributed by atoms with Crippen LogP contribution in [-0.4, -0.2) is 52.7 Å². The Morgan fingerprint density at radius 3 is 2.62 bits per heavy atom. The van der Waals surface area contributed by atoms with Gasteiger partial charge in [0.1, 0.15) is 11.4 Å². The molecule has 0 bridgehead atoms. The number of hydrogen-bond acceptors (Lipinski definition) is 5. The standard InChI is InChI=1S/C19H20N4O3/c24-16-5-3-4-15-13(16)12-14(18(25)21-15)19(26)23-10-8-22(9-11-23)17-6-1-2-7-20-17/h1-2,6-7,12H,3-5,8-11H2,(H,21,25). The van der Waals surface area contributed by atoms with Gasteiger partial charge in [0, 0.05) is 50.1 Å². The van der Waals surface area contributed by atoms with Crippen LogP contribution in [0.4, 0.5) is 5.82 Å². The molecule has 2 aliphatic rings. The Morgan fingerprint density at radius 1 is 1.08 bits per heavy atom. The minimum absolute atomic E-state index is 0.00322. The van der Waals surface area contributed by atoms with E-state index in [-0.39, 0.29) is 17.3 Å². The van der Waals surface area contributed by atoms with E-state index < -0.39 is 5.56 Å². The summed E-state index contributed by atoms with van der Waals surface area (Å²) in [5.74, 6) is 0.571. The minimum atomic E-state index is -0.407. The molecule has 0 saturated carbocycles. The monoisotopic (exact) mass is 352 g/mol. The van der Waals surface area contributed by atoms with Gasteiger partial charge in [-0.2, -0.15) is 0 Å². The molecule has 1 aliphatic heterocycles. The second-order valence-corrected chi connectivity index (χ2v) is 6.65. The van der Waals surface area contributed by atoms with Gasteiger partial charge in [0.2, 0.25) is 0 Å². The maximum Gasteiger partial charge on any atom is 0.261 e. The van der Waals surface area contributed by atoms with Crippen molar-refractivity contribution in [3.05, 3.63) is 57.6 Å². The maximum absolute atomic E-state index is 12.8. The van der Waals surface area contributed by atoms with Crippen molar-refractivity contribution in [2.24, 2.45) is 0 Å². The first kappa shape index (κ1) is 16.5. The number of Topliss-reactive ketones (excluding diaryl/α,β-unsaturated/α-hetero) is 1. The topological polar surface area (TPSA) is 86.4 Å². The van der Waals surface area contributed by atoms with Gasteiger partial charge in [-0.1, -0.05) is 6.07 Å². The van der Waals surface area contributed by atoms with Gasteiger partial charge in [0.25, 0.3) is 11.5 Å². The van der Waals surface area contributed by atoms with Crippen LogP contribution in [0.2, 0.25) is 0 Å². The smallest absolute Gasteiger partial charge is 0.261 e. The van der Waals surface area contributed by atoms with Gasteiger partial charge in [0.05, 0.1) is 0 Å². The van der Waals surface area contributed by atoms with Crippen LogP contribution in [0.25, 0.3) is 0 Å². The Balaban J connectivity index is 1.51. The number of aryl methyl sites for hydroxylation is 1. The molecule has 26 heavy (non-hydrogen) atoms. The van der Waals surface area contributed by atoms with Crippen molar-refractivity contribution in [3.8, 4) is 0 Å². The van der Waals surface area contributed by atoms with E-state index in [1.54, 1.807) is 11.1 Å². The third kappa shape index (κ3) is 3.00. The van der Waals surface area contributed by atoms with Crippen molar-refractivity contribution in [3.63, 3.8) is 0 Å². The fraction of sp³-hybridized carbons (Fsp3) is 0.368. The molecular weight excluding hydrogens is 332 g/mol. The Bertz CT molecular complexity index is 899. The highest BCUT2D eigenvalue weighted by Gasteiger charge is 2.27. The highest BCUT2D eigenvalue weighted by molar-refractivity contribution is 6.01. The van der Waals surface area contributed by atoms with E-state index in [4.69, 9.17) is 0 Å². The van der Waals surface area contributed by atoms with Gasteiger partial charge in [-0.3, -0.25) is 14.4 Å². The van der Waals surface area contributed by atoms with E-state index in [2.05, 4.69) is 14.9 Å². The van der Waals surface area contributed by atoms with Gasteiger partial charge in [-0.05, 0) is 31.0 Å². The molecule has 0 aromatic carbocycles. The van der Waals surface area contributed by atoms with E-state index in [0.29, 0.717) is 50.3 Å². The molecule has 7 nitrogen and oxygen atoms in total. The fourth-order valence-corrected chi connectivity index (χ4v) is 3.58. The van der Waals surface area contributed by atoms with Crippen LogP contribution in [0, 0.1) is 0 Å². The van der Waals surface area contributed by atoms with Crippen LogP contribution in [0.3, 0.4) is 0 Å². The number of rotatable bonds is 2. The van der Waals surface area contributed by atoms with Gasteiger partial charge in [-0.25, -0.2) is 4.98 Å². The Kier molecular flexibility index (Phi) is 4.28. The Hall–Kier alpha value is -2.96. The molecule has 7 heteroatoms. The van der Waals surface area contributed by atoms with Crippen molar-refractivity contribution < 1.29 is 9.59 Å². The summed E-state index contributed by atoms with van der Waals surface area (Å²) in [5, 5.41) is 0. The molecule has 0 unspecified atom stereocenters. The molecule has 0 atom stereocenters. The lowest BCUT2D eigenvalue weighted by Gasteiger charge is -2.35. The summed E-state index contributed by atoms with van der Waals surface area (Å²) in [6.07, 6.45) is 3.63. The third-order valence-electron chi connectivity index (χ3n) is 5.02. The number of hydrogen-bond donors (Lipinski definition) is 1. The van der Waals surface area contributed by atoms with E-state index in [0.717, 1.165) is 12.2 Å². The van der Waals surface area contributed by atoms with Crippen molar-refractivity contribution in [1.29, 1.82) is 0 Å². The number of aromatic amines is 1. The lowest BCUT2D eigenvalue weighted by atomic mass is 9.93. The van der Waals surface area contributed by atoms with Crippen LogP contribution < -0.4 is 10.5 Å². The first-order chi connectivity index (χ1) is 12.6. The van der Waals surface area contributed by atoms with E-state index in [9.17, 15) is 14.4 Å². The predicted molar refractivity (Wildman–Crippen MR) is 96.7 cm³/mol. The van der Waals surface area contributed by atoms with Crippen LogP contribution in [0.5, 0.6) is 0 Å². The molecule has 1 aliphatic carbocycles. The quantitative estimate of drug-likeness (QED) is 0.879. The average Bonchev–Trinajstić information content (AvgIpc) is 2.68. The van der Waals surface area contributed by atoms with Gasteiger partial charge in [0.15, 0.2) is 5.78 Å². The van der Waals surface area contributed by atoms with Crippen LogP contribution in [0.1, 0.15) is 39.3 Å². The normalized spacial score (nSPS) is 17.2. The van der Waals surface area contributed by atoms with Crippen LogP contribution >= 0.6 is 0 Å². The van der Waals surface area contributed by atoms with Gasteiger partial charge in [-0.15, -0.1) is 0 Å². The molecule has 4 rings (SSSR count). The molecule has 0 radical (unpaired) electrons. The number of nitrogens with one attached hydrogen (secondary N) is 1. The maximum atomic E-state index is 12.8. The van der Waals surface area contributed by atoms with E-state index in [1.807, 2.05) is 18.2 Å². The van der Waals surface area contributed by atoms with Crippen molar-refractivity contribution in [1.82, 2.24) is 14.9 Å². The molecule has 1 N–H and O–H groups in total. The summed E-state index contributed by atoms with van der Waals surface area (Å²) in [7, 11) is 0. The second-order valence-electron chi connectivity index (χ2n) is 6.65. The highest BCUT2D eigenvalue weighted by atomic mass is 16.2. The molecule has 3 heterocycles. The number of ketones is 1. The molecule has 1 amide bonds.